The Balaban J connectivity index is 2.28. The Labute approximate surface area is 115 Å². The first-order valence-corrected chi connectivity index (χ1v) is 6.08. The van der Waals surface area contributed by atoms with Crippen LogP contribution in [0.1, 0.15) is 17.2 Å². The quantitative estimate of drug-likeness (QED) is 0.911. The van der Waals surface area contributed by atoms with Gasteiger partial charge in [-0.05, 0) is 23.8 Å². The van der Waals surface area contributed by atoms with Gasteiger partial charge in [-0.15, -0.1) is 0 Å². The van der Waals surface area contributed by atoms with Crippen molar-refractivity contribution in [1.29, 1.82) is 0 Å². The molecule has 1 atom stereocenters. The van der Waals surface area contributed by atoms with E-state index in [4.69, 9.17) is 4.74 Å². The lowest BCUT2D eigenvalue weighted by Gasteiger charge is -2.13. The van der Waals surface area contributed by atoms with Crippen molar-refractivity contribution in [3.8, 4) is 5.88 Å². The Morgan fingerprint density at radius 2 is 2.10 bits per heavy atom. The molecule has 1 N–H and O–H groups in total. The van der Waals surface area contributed by atoms with E-state index in [1.807, 2.05) is 0 Å². The summed E-state index contributed by atoms with van der Waals surface area (Å²) >= 11 is 0. The van der Waals surface area contributed by atoms with Crippen molar-refractivity contribution in [3.05, 3.63) is 59.5 Å². The molecule has 0 saturated heterocycles. The fourth-order valence-electron chi connectivity index (χ4n) is 1.97. The molecule has 104 valence electrons. The molecule has 0 spiro atoms. The number of hydrogen-bond acceptors (Lipinski definition) is 3. The van der Waals surface area contributed by atoms with E-state index in [-0.39, 0.29) is 6.42 Å². The Hall–Kier alpha value is -2.43. The van der Waals surface area contributed by atoms with Gasteiger partial charge in [0.25, 0.3) is 0 Å². The van der Waals surface area contributed by atoms with E-state index < -0.39 is 17.7 Å². The summed E-state index contributed by atoms with van der Waals surface area (Å²) in [5.74, 6) is -1.89. The number of aromatic nitrogens is 1. The van der Waals surface area contributed by atoms with Crippen molar-refractivity contribution >= 4 is 5.97 Å². The zero-order valence-corrected chi connectivity index (χ0v) is 10.9. The van der Waals surface area contributed by atoms with Crippen molar-refractivity contribution in [2.24, 2.45) is 0 Å². The SMILES string of the molecule is COc1cccc(CC(C(=O)O)c2cccc(F)c2)n1. The minimum atomic E-state index is -1.01. The van der Waals surface area contributed by atoms with Gasteiger partial charge in [0.15, 0.2) is 0 Å². The summed E-state index contributed by atoms with van der Waals surface area (Å²) in [7, 11) is 1.49. The molecule has 0 saturated carbocycles. The maximum atomic E-state index is 13.2. The molecule has 2 aromatic rings. The highest BCUT2D eigenvalue weighted by Gasteiger charge is 2.21. The van der Waals surface area contributed by atoms with Gasteiger partial charge >= 0.3 is 5.97 Å². The van der Waals surface area contributed by atoms with Crippen LogP contribution in [0.3, 0.4) is 0 Å². The number of carboxylic acid groups (broad SMARTS) is 1. The first-order valence-electron chi connectivity index (χ1n) is 6.08. The Bertz CT molecular complexity index is 616. The second kappa shape index (κ2) is 6.14. The molecule has 0 amide bonds. The lowest BCUT2D eigenvalue weighted by atomic mass is 9.94. The number of nitrogens with zero attached hydrogens (tertiary/aromatic N) is 1. The van der Waals surface area contributed by atoms with Crippen LogP contribution in [0.5, 0.6) is 5.88 Å². The van der Waals surface area contributed by atoms with Crippen LogP contribution < -0.4 is 4.74 Å². The van der Waals surface area contributed by atoms with Gasteiger partial charge in [-0.1, -0.05) is 18.2 Å². The molecule has 1 aromatic carbocycles. The Kier molecular flexibility index (Phi) is 4.30. The molecule has 0 fully saturated rings. The van der Waals surface area contributed by atoms with Gasteiger partial charge in [-0.25, -0.2) is 9.37 Å². The molecule has 0 aliphatic heterocycles. The standard InChI is InChI=1S/C15H14FNO3/c1-20-14-7-3-6-12(17-14)9-13(15(18)19)10-4-2-5-11(16)8-10/h2-8,13H,9H2,1H3,(H,18,19). The second-order valence-corrected chi connectivity index (χ2v) is 4.32. The number of methoxy groups -OCH3 is 1. The van der Waals surface area contributed by atoms with E-state index in [2.05, 4.69) is 4.98 Å². The van der Waals surface area contributed by atoms with E-state index in [1.165, 1.54) is 25.3 Å². The second-order valence-electron chi connectivity index (χ2n) is 4.32. The van der Waals surface area contributed by atoms with Crippen LogP contribution in [0.15, 0.2) is 42.5 Å². The highest BCUT2D eigenvalue weighted by molar-refractivity contribution is 5.76. The molecule has 0 bridgehead atoms. The zero-order valence-electron chi connectivity index (χ0n) is 10.9. The lowest BCUT2D eigenvalue weighted by molar-refractivity contribution is -0.138. The average Bonchev–Trinajstić information content (AvgIpc) is 2.44. The third kappa shape index (κ3) is 3.32. The summed E-state index contributed by atoms with van der Waals surface area (Å²) in [4.78, 5) is 15.6. The number of carboxylic acids is 1. The molecule has 5 heteroatoms. The summed E-state index contributed by atoms with van der Waals surface area (Å²) in [5, 5.41) is 9.32. The van der Waals surface area contributed by atoms with Crippen LogP contribution >= 0.6 is 0 Å². The van der Waals surface area contributed by atoms with E-state index in [1.54, 1.807) is 24.3 Å². The maximum absolute atomic E-state index is 13.2. The van der Waals surface area contributed by atoms with Crippen LogP contribution in [-0.2, 0) is 11.2 Å². The first kappa shape index (κ1) is 14.0. The van der Waals surface area contributed by atoms with Crippen molar-refractivity contribution in [3.63, 3.8) is 0 Å². The fraction of sp³-hybridized carbons (Fsp3) is 0.200. The highest BCUT2D eigenvalue weighted by Crippen LogP contribution is 2.22. The Morgan fingerprint density at radius 1 is 1.35 bits per heavy atom. The summed E-state index contributed by atoms with van der Waals surface area (Å²) < 4.78 is 18.2. The predicted molar refractivity (Wildman–Crippen MR) is 71.3 cm³/mol. The monoisotopic (exact) mass is 275 g/mol. The molecule has 0 radical (unpaired) electrons. The molecule has 0 aliphatic carbocycles. The molecule has 1 heterocycles. The Morgan fingerprint density at radius 3 is 2.75 bits per heavy atom. The molecular formula is C15H14FNO3. The van der Waals surface area contributed by atoms with E-state index in [0.717, 1.165) is 0 Å². The smallest absolute Gasteiger partial charge is 0.311 e. The maximum Gasteiger partial charge on any atom is 0.311 e. The predicted octanol–water partition coefficient (Wildman–Crippen LogP) is 2.64. The molecule has 1 aromatic heterocycles. The van der Waals surface area contributed by atoms with Crippen LogP contribution in [0.25, 0.3) is 0 Å². The number of benzene rings is 1. The summed E-state index contributed by atoms with van der Waals surface area (Å²) in [5.41, 5.74) is 1.00. The average molecular weight is 275 g/mol. The number of carbonyl (C=O) groups is 1. The van der Waals surface area contributed by atoms with Crippen LogP contribution in [0.4, 0.5) is 4.39 Å². The third-order valence-electron chi connectivity index (χ3n) is 2.95. The number of hydrogen-bond donors (Lipinski definition) is 1. The van der Waals surface area contributed by atoms with Crippen LogP contribution in [-0.4, -0.2) is 23.2 Å². The number of rotatable bonds is 5. The van der Waals surface area contributed by atoms with Gasteiger partial charge in [0, 0.05) is 18.2 Å². The van der Waals surface area contributed by atoms with Crippen molar-refractivity contribution in [2.45, 2.75) is 12.3 Å². The molecule has 0 aliphatic rings. The van der Waals surface area contributed by atoms with Crippen molar-refractivity contribution in [2.75, 3.05) is 7.11 Å². The fourth-order valence-corrected chi connectivity index (χ4v) is 1.97. The van der Waals surface area contributed by atoms with Gasteiger partial charge in [0.1, 0.15) is 5.82 Å². The molecule has 20 heavy (non-hydrogen) atoms. The highest BCUT2D eigenvalue weighted by atomic mass is 19.1. The van der Waals surface area contributed by atoms with E-state index >= 15 is 0 Å². The number of ether oxygens (including phenoxy) is 1. The van der Waals surface area contributed by atoms with Gasteiger partial charge < -0.3 is 9.84 Å². The summed E-state index contributed by atoms with van der Waals surface area (Å²) in [6, 6.07) is 10.8. The van der Waals surface area contributed by atoms with E-state index in [9.17, 15) is 14.3 Å². The minimum Gasteiger partial charge on any atom is -0.481 e. The third-order valence-corrected chi connectivity index (χ3v) is 2.95. The molecule has 2 rings (SSSR count). The molecule has 1 unspecified atom stereocenters. The molecular weight excluding hydrogens is 261 g/mol. The summed E-state index contributed by atoms with van der Waals surface area (Å²) in [6.45, 7) is 0. The van der Waals surface area contributed by atoms with Crippen LogP contribution in [0.2, 0.25) is 0 Å². The molecule has 4 nitrogen and oxygen atoms in total. The zero-order chi connectivity index (χ0) is 14.5. The normalized spacial score (nSPS) is 11.9. The number of aliphatic carboxylic acids is 1. The topological polar surface area (TPSA) is 59.4 Å². The number of pyridine rings is 1. The van der Waals surface area contributed by atoms with Crippen molar-refractivity contribution in [1.82, 2.24) is 4.98 Å². The van der Waals surface area contributed by atoms with Gasteiger partial charge in [0.05, 0.1) is 13.0 Å². The first-order chi connectivity index (χ1) is 9.60. The minimum absolute atomic E-state index is 0.177. The van der Waals surface area contributed by atoms with Gasteiger partial charge in [-0.2, -0.15) is 0 Å². The van der Waals surface area contributed by atoms with Crippen LogP contribution in [0, 0.1) is 5.82 Å². The number of halogens is 1. The van der Waals surface area contributed by atoms with Crippen molar-refractivity contribution < 1.29 is 19.0 Å². The van der Waals surface area contributed by atoms with E-state index in [0.29, 0.717) is 17.1 Å². The van der Waals surface area contributed by atoms with Gasteiger partial charge in [0.2, 0.25) is 5.88 Å². The van der Waals surface area contributed by atoms with Gasteiger partial charge in [-0.3, -0.25) is 4.79 Å². The lowest BCUT2D eigenvalue weighted by Crippen LogP contribution is -2.15. The largest absolute Gasteiger partial charge is 0.481 e. The summed E-state index contributed by atoms with van der Waals surface area (Å²) in [6.07, 6.45) is 0.177.